The lowest BCUT2D eigenvalue weighted by molar-refractivity contribution is 1.09. The zero-order valence-electron chi connectivity index (χ0n) is 8.09. The van der Waals surface area contributed by atoms with Crippen LogP contribution in [0.1, 0.15) is 19.0 Å². The van der Waals surface area contributed by atoms with E-state index in [1.54, 1.807) is 6.07 Å². The summed E-state index contributed by atoms with van der Waals surface area (Å²) in [5.74, 6) is 7.87. The molecular weight excluding hydrogens is 218 g/mol. The minimum atomic E-state index is 0.654. The zero-order valence-corrected chi connectivity index (χ0v) is 9.66. The molecule has 78 valence electrons. The van der Waals surface area contributed by atoms with Gasteiger partial charge in [0.25, 0.3) is 0 Å². The fourth-order valence-corrected chi connectivity index (χ4v) is 2.08. The van der Waals surface area contributed by atoms with Gasteiger partial charge in [0.1, 0.15) is 5.82 Å². The number of pyridine rings is 1. The average Bonchev–Trinajstić information content (AvgIpc) is 2.21. The fourth-order valence-electron chi connectivity index (χ4n) is 0.979. The van der Waals surface area contributed by atoms with Gasteiger partial charge < -0.3 is 5.43 Å². The molecule has 0 fully saturated rings. The molecule has 0 aromatic carbocycles. The van der Waals surface area contributed by atoms with Crippen molar-refractivity contribution in [2.75, 3.05) is 11.2 Å². The summed E-state index contributed by atoms with van der Waals surface area (Å²) >= 11 is 7.81. The largest absolute Gasteiger partial charge is 0.308 e. The molecule has 3 N–H and O–H groups in total. The summed E-state index contributed by atoms with van der Waals surface area (Å²) in [5, 5.41) is 0.701. The molecule has 0 atom stereocenters. The minimum Gasteiger partial charge on any atom is -0.308 e. The molecule has 0 saturated carbocycles. The van der Waals surface area contributed by atoms with Crippen LogP contribution < -0.4 is 11.3 Å². The number of nitrogens with one attached hydrogen (secondary N) is 1. The van der Waals surface area contributed by atoms with Crippen LogP contribution in [0.25, 0.3) is 0 Å². The van der Waals surface area contributed by atoms with E-state index < -0.39 is 0 Å². The molecule has 1 heterocycles. The molecule has 0 aliphatic carbocycles. The number of rotatable bonds is 5. The number of thioether (sulfide) groups is 1. The van der Waals surface area contributed by atoms with Crippen LogP contribution in [0.3, 0.4) is 0 Å². The average molecular weight is 232 g/mol. The van der Waals surface area contributed by atoms with E-state index in [9.17, 15) is 0 Å². The van der Waals surface area contributed by atoms with Crippen molar-refractivity contribution >= 4 is 29.2 Å². The monoisotopic (exact) mass is 231 g/mol. The highest BCUT2D eigenvalue weighted by molar-refractivity contribution is 7.98. The molecule has 0 spiro atoms. The topological polar surface area (TPSA) is 50.9 Å². The normalized spacial score (nSPS) is 10.2. The molecule has 0 bridgehead atoms. The van der Waals surface area contributed by atoms with Crippen LogP contribution in [0.15, 0.2) is 12.1 Å². The van der Waals surface area contributed by atoms with E-state index in [4.69, 9.17) is 17.4 Å². The van der Waals surface area contributed by atoms with E-state index in [2.05, 4.69) is 17.3 Å². The number of halogens is 1. The first-order valence-corrected chi connectivity index (χ1v) is 6.01. The minimum absolute atomic E-state index is 0.654. The molecule has 0 saturated heterocycles. The summed E-state index contributed by atoms with van der Waals surface area (Å²) in [6.45, 7) is 2.15. The van der Waals surface area contributed by atoms with Gasteiger partial charge in [0.2, 0.25) is 0 Å². The lowest BCUT2D eigenvalue weighted by Crippen LogP contribution is -2.09. The van der Waals surface area contributed by atoms with Gasteiger partial charge in [-0.05, 0) is 24.3 Å². The third kappa shape index (κ3) is 3.36. The summed E-state index contributed by atoms with van der Waals surface area (Å²) in [6, 6.07) is 3.57. The molecule has 5 heteroatoms. The smallest absolute Gasteiger partial charge is 0.140 e. The van der Waals surface area contributed by atoms with Crippen molar-refractivity contribution < 1.29 is 0 Å². The molecule has 14 heavy (non-hydrogen) atoms. The third-order valence-electron chi connectivity index (χ3n) is 1.65. The fraction of sp³-hybridized carbons (Fsp3) is 0.444. The van der Waals surface area contributed by atoms with Gasteiger partial charge in [-0.3, -0.25) is 0 Å². The summed E-state index contributed by atoms with van der Waals surface area (Å²) in [5.41, 5.74) is 3.40. The standard InChI is InChI=1S/C9H14ClN3S/c1-2-5-14-6-8-7(10)3-4-9(12-8)13-11/h3-4H,2,5-6,11H2,1H3,(H,12,13). The number of nitrogens with two attached hydrogens (primary N) is 1. The van der Waals surface area contributed by atoms with Gasteiger partial charge in [-0.25, -0.2) is 10.8 Å². The highest BCUT2D eigenvalue weighted by Crippen LogP contribution is 2.21. The van der Waals surface area contributed by atoms with E-state index in [1.807, 2.05) is 17.8 Å². The molecule has 3 nitrogen and oxygen atoms in total. The number of hydrogen-bond acceptors (Lipinski definition) is 4. The molecule has 1 aromatic rings. The number of anilines is 1. The van der Waals surface area contributed by atoms with E-state index in [1.165, 1.54) is 0 Å². The second-order valence-electron chi connectivity index (χ2n) is 2.82. The quantitative estimate of drug-likeness (QED) is 0.465. The van der Waals surface area contributed by atoms with Gasteiger partial charge in [0, 0.05) is 5.75 Å². The SMILES string of the molecule is CCCSCc1nc(NN)ccc1Cl. The van der Waals surface area contributed by atoms with Crippen molar-refractivity contribution in [2.45, 2.75) is 19.1 Å². The Morgan fingerprint density at radius 1 is 1.57 bits per heavy atom. The Hall–Kier alpha value is -0.450. The Bertz CT molecular complexity index is 293. The lowest BCUT2D eigenvalue weighted by Gasteiger charge is -2.05. The second-order valence-corrected chi connectivity index (χ2v) is 4.33. The summed E-state index contributed by atoms with van der Waals surface area (Å²) in [4.78, 5) is 4.27. The molecule has 0 aliphatic rings. The van der Waals surface area contributed by atoms with Gasteiger partial charge in [-0.15, -0.1) is 0 Å². The van der Waals surface area contributed by atoms with E-state index in [0.29, 0.717) is 10.8 Å². The predicted octanol–water partition coefficient (Wildman–Crippen LogP) is 2.66. The molecule has 0 aliphatic heterocycles. The summed E-state index contributed by atoms with van der Waals surface area (Å²) < 4.78 is 0. The first-order valence-electron chi connectivity index (χ1n) is 4.47. The van der Waals surface area contributed by atoms with Crippen molar-refractivity contribution in [3.8, 4) is 0 Å². The van der Waals surface area contributed by atoms with E-state index in [0.717, 1.165) is 23.6 Å². The summed E-state index contributed by atoms with van der Waals surface area (Å²) in [7, 11) is 0. The Kier molecular flexibility index (Phi) is 5.07. The van der Waals surface area contributed by atoms with Gasteiger partial charge in [0.15, 0.2) is 0 Å². The molecule has 0 unspecified atom stereocenters. The van der Waals surface area contributed by atoms with Crippen LogP contribution in [0.2, 0.25) is 5.02 Å². The molecule has 0 amide bonds. The number of hydrazine groups is 1. The number of aromatic nitrogens is 1. The number of nitrogens with zero attached hydrogens (tertiary/aromatic N) is 1. The Balaban J connectivity index is 2.64. The van der Waals surface area contributed by atoms with Crippen molar-refractivity contribution in [3.05, 3.63) is 22.8 Å². The third-order valence-corrected chi connectivity index (χ3v) is 3.17. The van der Waals surface area contributed by atoms with Crippen LogP contribution in [0, 0.1) is 0 Å². The van der Waals surface area contributed by atoms with Crippen LogP contribution in [0.4, 0.5) is 5.82 Å². The first-order chi connectivity index (χ1) is 6.77. The van der Waals surface area contributed by atoms with Crippen LogP contribution in [0.5, 0.6) is 0 Å². The van der Waals surface area contributed by atoms with Crippen molar-refractivity contribution in [1.29, 1.82) is 0 Å². The Morgan fingerprint density at radius 3 is 3.00 bits per heavy atom. The maximum atomic E-state index is 5.99. The van der Waals surface area contributed by atoms with Crippen molar-refractivity contribution in [1.82, 2.24) is 4.98 Å². The van der Waals surface area contributed by atoms with Gasteiger partial charge in [0.05, 0.1) is 10.7 Å². The maximum absolute atomic E-state index is 5.99. The van der Waals surface area contributed by atoms with Crippen molar-refractivity contribution in [2.24, 2.45) is 5.84 Å². The van der Waals surface area contributed by atoms with Crippen LogP contribution in [-0.2, 0) is 5.75 Å². The number of hydrogen-bond donors (Lipinski definition) is 2. The predicted molar refractivity (Wildman–Crippen MR) is 63.5 cm³/mol. The molecule has 0 radical (unpaired) electrons. The van der Waals surface area contributed by atoms with Crippen molar-refractivity contribution in [3.63, 3.8) is 0 Å². The van der Waals surface area contributed by atoms with Gasteiger partial charge >= 0.3 is 0 Å². The highest BCUT2D eigenvalue weighted by atomic mass is 35.5. The van der Waals surface area contributed by atoms with Gasteiger partial charge in [-0.2, -0.15) is 11.8 Å². The van der Waals surface area contributed by atoms with Crippen LogP contribution in [-0.4, -0.2) is 10.7 Å². The molecule has 1 rings (SSSR count). The summed E-state index contributed by atoms with van der Waals surface area (Å²) in [6.07, 6.45) is 1.16. The zero-order chi connectivity index (χ0) is 10.4. The van der Waals surface area contributed by atoms with Gasteiger partial charge in [-0.1, -0.05) is 18.5 Å². The maximum Gasteiger partial charge on any atom is 0.140 e. The highest BCUT2D eigenvalue weighted by Gasteiger charge is 2.03. The second kappa shape index (κ2) is 6.11. The Morgan fingerprint density at radius 2 is 2.36 bits per heavy atom. The Labute approximate surface area is 93.4 Å². The van der Waals surface area contributed by atoms with Crippen LogP contribution >= 0.6 is 23.4 Å². The lowest BCUT2D eigenvalue weighted by atomic mass is 10.4. The first kappa shape index (κ1) is 11.6. The van der Waals surface area contributed by atoms with E-state index >= 15 is 0 Å². The number of nitrogen functional groups attached to an aromatic ring is 1. The molecular formula is C9H14ClN3S. The molecule has 1 aromatic heterocycles. The van der Waals surface area contributed by atoms with E-state index in [-0.39, 0.29) is 0 Å².